The molecule has 0 unspecified atom stereocenters. The molecule has 2 saturated heterocycles. The van der Waals surface area contributed by atoms with E-state index in [9.17, 15) is 9.59 Å². The largest absolute Gasteiger partial charge is 0.369 e. The molecule has 4 rings (SSSR count). The molecule has 6 nitrogen and oxygen atoms in total. The first-order valence-corrected chi connectivity index (χ1v) is 11.8. The Labute approximate surface area is 195 Å². The van der Waals surface area contributed by atoms with Gasteiger partial charge in [0.2, 0.25) is 11.8 Å². The highest BCUT2D eigenvalue weighted by Crippen LogP contribution is 2.21. The Morgan fingerprint density at radius 3 is 2.53 bits per heavy atom. The average molecular weight is 455 g/mol. The molecule has 2 aliphatic heterocycles. The number of rotatable bonds is 8. The van der Waals surface area contributed by atoms with Crippen molar-refractivity contribution in [3.05, 3.63) is 65.2 Å². The zero-order valence-corrected chi connectivity index (χ0v) is 19.1. The quantitative estimate of drug-likeness (QED) is 0.666. The first kappa shape index (κ1) is 22.6. The molecule has 0 aliphatic carbocycles. The summed E-state index contributed by atoms with van der Waals surface area (Å²) in [5, 5.41) is 3.81. The van der Waals surface area contributed by atoms with E-state index in [1.54, 1.807) is 0 Å². The second-order valence-electron chi connectivity index (χ2n) is 8.58. The van der Waals surface area contributed by atoms with Crippen LogP contribution in [-0.4, -0.2) is 74.0 Å². The molecule has 2 amide bonds. The van der Waals surface area contributed by atoms with E-state index in [4.69, 9.17) is 11.6 Å². The van der Waals surface area contributed by atoms with Gasteiger partial charge in [-0.15, -0.1) is 0 Å². The fourth-order valence-electron chi connectivity index (χ4n) is 4.46. The molecule has 7 heteroatoms. The fraction of sp³-hybridized carbons (Fsp3) is 0.440. The standard InChI is InChI=1S/C25H31ClN4O2/c26-22-7-4-8-23(18-22)29-15-13-28(14-16-29)12-10-27-25(32)21-17-24(31)30(19-21)11-9-20-5-2-1-3-6-20/h1-8,18,21H,9-17,19H2,(H,27,32)/t21-/m1/s1. The Morgan fingerprint density at radius 2 is 1.78 bits per heavy atom. The number of benzene rings is 2. The molecule has 2 aromatic rings. The van der Waals surface area contributed by atoms with Gasteiger partial charge in [0.05, 0.1) is 5.92 Å². The van der Waals surface area contributed by atoms with Crippen LogP contribution < -0.4 is 10.2 Å². The summed E-state index contributed by atoms with van der Waals surface area (Å²) in [6.07, 6.45) is 1.14. The summed E-state index contributed by atoms with van der Waals surface area (Å²) >= 11 is 6.11. The van der Waals surface area contributed by atoms with Gasteiger partial charge < -0.3 is 15.1 Å². The Morgan fingerprint density at radius 1 is 1.00 bits per heavy atom. The number of likely N-dealkylation sites (tertiary alicyclic amines) is 1. The third kappa shape index (κ3) is 6.02. The summed E-state index contributed by atoms with van der Waals surface area (Å²) in [5.41, 5.74) is 2.37. The molecule has 2 fully saturated rings. The minimum atomic E-state index is -0.238. The smallest absolute Gasteiger partial charge is 0.225 e. The molecule has 170 valence electrons. The van der Waals surface area contributed by atoms with Crippen molar-refractivity contribution in [2.45, 2.75) is 12.8 Å². The van der Waals surface area contributed by atoms with Crippen LogP contribution in [0.4, 0.5) is 5.69 Å². The second kappa shape index (κ2) is 10.8. The molecule has 0 radical (unpaired) electrons. The van der Waals surface area contributed by atoms with Gasteiger partial charge in [-0.1, -0.05) is 48.0 Å². The van der Waals surface area contributed by atoms with Crippen LogP contribution in [0, 0.1) is 5.92 Å². The summed E-state index contributed by atoms with van der Waals surface area (Å²) in [6, 6.07) is 18.1. The number of nitrogens with one attached hydrogen (secondary N) is 1. The van der Waals surface area contributed by atoms with E-state index in [0.29, 0.717) is 26.1 Å². The molecule has 2 aromatic carbocycles. The van der Waals surface area contributed by atoms with Crippen LogP contribution in [-0.2, 0) is 16.0 Å². The number of amides is 2. The van der Waals surface area contributed by atoms with Gasteiger partial charge >= 0.3 is 0 Å². The zero-order valence-electron chi connectivity index (χ0n) is 18.4. The van der Waals surface area contributed by atoms with Gasteiger partial charge in [-0.05, 0) is 30.2 Å². The minimum Gasteiger partial charge on any atom is -0.369 e. The maximum atomic E-state index is 12.6. The molecule has 0 saturated carbocycles. The van der Waals surface area contributed by atoms with Gasteiger partial charge in [-0.2, -0.15) is 0 Å². The summed E-state index contributed by atoms with van der Waals surface area (Å²) in [5.74, 6) is -0.158. The van der Waals surface area contributed by atoms with Crippen LogP contribution in [0.15, 0.2) is 54.6 Å². The SMILES string of the molecule is O=C(NCCN1CCN(c2cccc(Cl)c2)CC1)[C@@H]1CC(=O)N(CCc2ccccc2)C1. The highest BCUT2D eigenvalue weighted by molar-refractivity contribution is 6.30. The molecule has 1 N–H and O–H groups in total. The molecule has 1 atom stereocenters. The lowest BCUT2D eigenvalue weighted by atomic mass is 10.1. The van der Waals surface area contributed by atoms with Crippen LogP contribution in [0.25, 0.3) is 0 Å². The van der Waals surface area contributed by atoms with Gasteiger partial charge in [0.25, 0.3) is 0 Å². The number of hydrogen-bond acceptors (Lipinski definition) is 4. The van der Waals surface area contributed by atoms with Crippen LogP contribution in [0.2, 0.25) is 5.02 Å². The van der Waals surface area contributed by atoms with Crippen LogP contribution >= 0.6 is 11.6 Å². The summed E-state index contributed by atoms with van der Waals surface area (Å²) in [4.78, 5) is 31.5. The molecule has 0 aromatic heterocycles. The predicted octanol–water partition coefficient (Wildman–Crippen LogP) is 2.67. The normalized spacial score (nSPS) is 19.4. The highest BCUT2D eigenvalue weighted by atomic mass is 35.5. The van der Waals surface area contributed by atoms with Crippen molar-refractivity contribution in [3.63, 3.8) is 0 Å². The maximum Gasteiger partial charge on any atom is 0.225 e. The molecular weight excluding hydrogens is 424 g/mol. The van der Waals surface area contributed by atoms with Gasteiger partial charge in [-0.3, -0.25) is 14.5 Å². The predicted molar refractivity (Wildman–Crippen MR) is 128 cm³/mol. The lowest BCUT2D eigenvalue weighted by Gasteiger charge is -2.36. The van der Waals surface area contributed by atoms with Crippen molar-refractivity contribution < 1.29 is 9.59 Å². The lowest BCUT2D eigenvalue weighted by Crippen LogP contribution is -2.48. The Kier molecular flexibility index (Phi) is 7.66. The minimum absolute atomic E-state index is 0.00174. The van der Waals surface area contributed by atoms with E-state index < -0.39 is 0 Å². The lowest BCUT2D eigenvalue weighted by molar-refractivity contribution is -0.129. The number of carbonyl (C=O) groups excluding carboxylic acids is 2. The fourth-order valence-corrected chi connectivity index (χ4v) is 4.64. The number of nitrogens with zero attached hydrogens (tertiary/aromatic N) is 3. The summed E-state index contributed by atoms with van der Waals surface area (Å²) < 4.78 is 0. The van der Waals surface area contributed by atoms with Crippen molar-refractivity contribution in [2.24, 2.45) is 5.92 Å². The van der Waals surface area contributed by atoms with Crippen molar-refractivity contribution in [1.29, 1.82) is 0 Å². The van der Waals surface area contributed by atoms with Crippen LogP contribution in [0.5, 0.6) is 0 Å². The first-order chi connectivity index (χ1) is 15.6. The molecule has 2 aliphatic rings. The van der Waals surface area contributed by atoms with Crippen molar-refractivity contribution >= 4 is 29.1 Å². The Bertz CT molecular complexity index is 915. The third-order valence-electron chi connectivity index (χ3n) is 6.37. The number of carbonyl (C=O) groups is 2. The molecule has 2 heterocycles. The first-order valence-electron chi connectivity index (χ1n) is 11.4. The van der Waals surface area contributed by atoms with E-state index in [2.05, 4.69) is 33.3 Å². The Hall–Kier alpha value is -2.57. The number of piperazine rings is 1. The summed E-state index contributed by atoms with van der Waals surface area (Å²) in [7, 11) is 0. The molecular formula is C25H31ClN4O2. The number of anilines is 1. The molecule has 0 bridgehead atoms. The van der Waals surface area contributed by atoms with E-state index in [1.165, 1.54) is 5.56 Å². The van der Waals surface area contributed by atoms with Crippen LogP contribution in [0.1, 0.15) is 12.0 Å². The maximum absolute atomic E-state index is 12.6. The van der Waals surface area contributed by atoms with Crippen LogP contribution in [0.3, 0.4) is 0 Å². The molecule has 32 heavy (non-hydrogen) atoms. The monoisotopic (exact) mass is 454 g/mol. The van der Waals surface area contributed by atoms with Gasteiger partial charge in [-0.25, -0.2) is 0 Å². The number of hydrogen-bond donors (Lipinski definition) is 1. The zero-order chi connectivity index (χ0) is 22.3. The third-order valence-corrected chi connectivity index (χ3v) is 6.61. The van der Waals surface area contributed by atoms with E-state index >= 15 is 0 Å². The van der Waals surface area contributed by atoms with Gasteiger partial charge in [0.15, 0.2) is 0 Å². The second-order valence-corrected chi connectivity index (χ2v) is 9.01. The average Bonchev–Trinajstić information content (AvgIpc) is 3.19. The van der Waals surface area contributed by atoms with E-state index in [-0.39, 0.29) is 17.7 Å². The summed E-state index contributed by atoms with van der Waals surface area (Å²) in [6.45, 7) is 6.44. The van der Waals surface area contributed by atoms with Crippen molar-refractivity contribution in [3.8, 4) is 0 Å². The molecule has 0 spiro atoms. The van der Waals surface area contributed by atoms with Crippen molar-refractivity contribution in [2.75, 3.05) is 57.3 Å². The Balaban J connectivity index is 1.14. The van der Waals surface area contributed by atoms with E-state index in [1.807, 2.05) is 41.3 Å². The van der Waals surface area contributed by atoms with Gasteiger partial charge in [0, 0.05) is 69.5 Å². The highest BCUT2D eigenvalue weighted by Gasteiger charge is 2.33. The van der Waals surface area contributed by atoms with E-state index in [0.717, 1.165) is 49.9 Å². The van der Waals surface area contributed by atoms with Crippen molar-refractivity contribution in [1.82, 2.24) is 15.1 Å². The topological polar surface area (TPSA) is 55.9 Å². The van der Waals surface area contributed by atoms with Gasteiger partial charge in [0.1, 0.15) is 0 Å². The number of halogens is 1.